The van der Waals surface area contributed by atoms with E-state index in [1.54, 1.807) is 25.1 Å². The van der Waals surface area contributed by atoms with Crippen LogP contribution in [0.1, 0.15) is 46.2 Å². The largest absolute Gasteiger partial charge is 0.493 e. The zero-order valence-corrected chi connectivity index (χ0v) is 19.0. The van der Waals surface area contributed by atoms with Gasteiger partial charge in [-0.1, -0.05) is 6.07 Å². The normalized spacial score (nSPS) is 14.2. The van der Waals surface area contributed by atoms with Crippen molar-refractivity contribution in [2.45, 2.75) is 19.9 Å². The maximum atomic E-state index is 13.2. The van der Waals surface area contributed by atoms with Gasteiger partial charge in [0.25, 0.3) is 11.8 Å². The molecule has 1 heterocycles. The molecule has 0 saturated carbocycles. The first-order valence-electron chi connectivity index (χ1n) is 9.83. The summed E-state index contributed by atoms with van der Waals surface area (Å²) < 4.78 is 35.3. The number of ether oxygens (including phenoxy) is 2. The third-order valence-electron chi connectivity index (χ3n) is 4.88. The Bertz CT molecular complexity index is 1190. The molecule has 1 aliphatic rings. The van der Waals surface area contributed by atoms with Crippen molar-refractivity contribution in [1.29, 1.82) is 0 Å². The van der Waals surface area contributed by atoms with Crippen molar-refractivity contribution in [1.82, 2.24) is 4.90 Å². The third kappa shape index (κ3) is 4.75. The number of methoxy groups -OCH3 is 1. The summed E-state index contributed by atoms with van der Waals surface area (Å²) in [6.07, 6.45) is 1.04. The summed E-state index contributed by atoms with van der Waals surface area (Å²) >= 11 is 0. The van der Waals surface area contributed by atoms with E-state index in [0.717, 1.165) is 11.2 Å². The molecule has 1 aliphatic heterocycles. The van der Waals surface area contributed by atoms with Crippen molar-refractivity contribution in [3.8, 4) is 11.5 Å². The number of nitrogens with one attached hydrogen (secondary N) is 1. The first-order chi connectivity index (χ1) is 15.1. The van der Waals surface area contributed by atoms with Crippen molar-refractivity contribution >= 4 is 33.2 Å². The van der Waals surface area contributed by atoms with Gasteiger partial charge in [-0.05, 0) is 42.8 Å². The predicted octanol–water partition coefficient (Wildman–Crippen LogP) is 2.43. The topological polar surface area (TPSA) is 119 Å². The fourth-order valence-corrected chi connectivity index (χ4v) is 4.51. The quantitative estimate of drug-likeness (QED) is 0.601. The van der Waals surface area contributed by atoms with Gasteiger partial charge in [-0.25, -0.2) is 8.42 Å². The van der Waals surface area contributed by atoms with Crippen molar-refractivity contribution in [2.24, 2.45) is 0 Å². The molecule has 1 unspecified atom stereocenters. The molecule has 3 amide bonds. The fourth-order valence-electron chi connectivity index (χ4n) is 3.60. The number of benzene rings is 2. The number of carbonyl (C=O) groups is 3. The number of hydrogen-bond acceptors (Lipinski definition) is 7. The first kappa shape index (κ1) is 23.3. The summed E-state index contributed by atoms with van der Waals surface area (Å²) in [5.41, 5.74) is 1.01. The lowest BCUT2D eigenvalue weighted by atomic mass is 10.1. The number of hydrogen-bond donors (Lipinski definition) is 1. The summed E-state index contributed by atoms with van der Waals surface area (Å²) in [5, 5.41) is 2.57. The molecule has 1 atom stereocenters. The van der Waals surface area contributed by atoms with Gasteiger partial charge >= 0.3 is 0 Å². The lowest BCUT2D eigenvalue weighted by molar-refractivity contribution is -0.114. The molecule has 0 aromatic heterocycles. The molecule has 0 spiro atoms. The van der Waals surface area contributed by atoms with Gasteiger partial charge in [0.05, 0.1) is 36.6 Å². The number of imide groups is 1. The average molecular weight is 461 g/mol. The lowest BCUT2D eigenvalue weighted by Gasteiger charge is -2.26. The first-order valence-corrected chi connectivity index (χ1v) is 11.9. The van der Waals surface area contributed by atoms with E-state index in [1.165, 1.54) is 32.2 Å². The van der Waals surface area contributed by atoms with Crippen LogP contribution in [0, 0.1) is 0 Å². The molecule has 10 heteroatoms. The van der Waals surface area contributed by atoms with Gasteiger partial charge < -0.3 is 14.8 Å². The second-order valence-electron chi connectivity index (χ2n) is 7.37. The van der Waals surface area contributed by atoms with Crippen molar-refractivity contribution in [2.75, 3.05) is 31.0 Å². The summed E-state index contributed by atoms with van der Waals surface area (Å²) in [6.45, 7) is 3.46. The van der Waals surface area contributed by atoms with E-state index in [1.807, 2.05) is 0 Å². The third-order valence-corrected chi connectivity index (χ3v) is 5.80. The second-order valence-corrected chi connectivity index (χ2v) is 9.56. The van der Waals surface area contributed by atoms with Gasteiger partial charge in [-0.3, -0.25) is 19.3 Å². The van der Waals surface area contributed by atoms with Crippen molar-refractivity contribution in [3.63, 3.8) is 0 Å². The van der Waals surface area contributed by atoms with E-state index in [0.29, 0.717) is 29.4 Å². The van der Waals surface area contributed by atoms with E-state index in [9.17, 15) is 22.8 Å². The van der Waals surface area contributed by atoms with Crippen LogP contribution in [0.2, 0.25) is 0 Å². The average Bonchev–Trinajstić information content (AvgIpc) is 2.95. The lowest BCUT2D eigenvalue weighted by Crippen LogP contribution is -2.37. The highest BCUT2D eigenvalue weighted by molar-refractivity contribution is 7.90. The number of amides is 3. The van der Waals surface area contributed by atoms with Crippen LogP contribution in [0.3, 0.4) is 0 Å². The minimum absolute atomic E-state index is 0.0956. The molecule has 32 heavy (non-hydrogen) atoms. The van der Waals surface area contributed by atoms with E-state index in [2.05, 4.69) is 5.32 Å². The van der Waals surface area contributed by atoms with Gasteiger partial charge in [-0.2, -0.15) is 0 Å². The molecule has 1 N–H and O–H groups in total. The zero-order chi connectivity index (χ0) is 23.6. The Kier molecular flexibility index (Phi) is 6.54. The number of anilines is 1. The molecule has 2 aromatic carbocycles. The number of carbonyl (C=O) groups excluding carboxylic acids is 3. The molecule has 2 aromatic rings. The summed E-state index contributed by atoms with van der Waals surface area (Å²) in [6, 6.07) is 8.07. The minimum Gasteiger partial charge on any atom is -0.493 e. The summed E-state index contributed by atoms with van der Waals surface area (Å²) in [5.74, 6) is -1.22. The smallest absolute Gasteiger partial charge is 0.262 e. The standard InChI is InChI=1S/C22H24N2O7S/c1-5-31-20-10-14(6-9-19(20)30-3)18(12-32(4,28)29)24-21(26)16-8-7-15(23-13(2)25)11-17(16)22(24)27/h6-11,18H,5,12H2,1-4H3,(H,23,25). The SMILES string of the molecule is CCOc1cc(C(CS(C)(=O)=O)N2C(=O)c3ccc(NC(C)=O)cc3C2=O)ccc1OC. The minimum atomic E-state index is -3.58. The van der Waals surface area contributed by atoms with Crippen molar-refractivity contribution in [3.05, 3.63) is 53.1 Å². The molecule has 0 aliphatic carbocycles. The number of sulfone groups is 1. The number of fused-ring (bicyclic) bond motifs is 1. The van der Waals surface area contributed by atoms with Gasteiger partial charge in [-0.15, -0.1) is 0 Å². The van der Waals surface area contributed by atoms with Crippen LogP contribution in [-0.4, -0.2) is 56.8 Å². The van der Waals surface area contributed by atoms with Crippen LogP contribution in [0.25, 0.3) is 0 Å². The maximum Gasteiger partial charge on any atom is 0.262 e. The number of rotatable bonds is 8. The highest BCUT2D eigenvalue weighted by atomic mass is 32.2. The van der Waals surface area contributed by atoms with E-state index >= 15 is 0 Å². The van der Waals surface area contributed by atoms with Crippen LogP contribution in [0.4, 0.5) is 5.69 Å². The monoisotopic (exact) mass is 460 g/mol. The molecule has 0 fully saturated rings. The Morgan fingerprint density at radius 1 is 1.06 bits per heavy atom. The van der Waals surface area contributed by atoms with Gasteiger partial charge in [0.1, 0.15) is 9.84 Å². The van der Waals surface area contributed by atoms with Crippen LogP contribution < -0.4 is 14.8 Å². The molecule has 9 nitrogen and oxygen atoms in total. The highest BCUT2D eigenvalue weighted by Gasteiger charge is 2.42. The maximum absolute atomic E-state index is 13.2. The van der Waals surface area contributed by atoms with Gasteiger partial charge in [0, 0.05) is 18.9 Å². The molecule has 3 rings (SSSR count). The Balaban J connectivity index is 2.08. The summed E-state index contributed by atoms with van der Waals surface area (Å²) in [4.78, 5) is 38.7. The molecule has 0 bridgehead atoms. The number of nitrogens with zero attached hydrogens (tertiary/aromatic N) is 1. The predicted molar refractivity (Wildman–Crippen MR) is 118 cm³/mol. The van der Waals surface area contributed by atoms with E-state index in [-0.39, 0.29) is 17.0 Å². The Morgan fingerprint density at radius 3 is 2.34 bits per heavy atom. The summed E-state index contributed by atoms with van der Waals surface area (Å²) in [7, 11) is -2.11. The van der Waals surface area contributed by atoms with Gasteiger partial charge in [0.2, 0.25) is 5.91 Å². The van der Waals surface area contributed by atoms with Crippen LogP contribution in [0.5, 0.6) is 11.5 Å². The van der Waals surface area contributed by atoms with E-state index in [4.69, 9.17) is 9.47 Å². The van der Waals surface area contributed by atoms with Crippen LogP contribution in [0.15, 0.2) is 36.4 Å². The second kappa shape index (κ2) is 8.99. The molecular weight excluding hydrogens is 436 g/mol. The Labute approximate surface area is 186 Å². The molecule has 170 valence electrons. The molecule has 0 radical (unpaired) electrons. The van der Waals surface area contributed by atoms with E-state index < -0.39 is 33.4 Å². The van der Waals surface area contributed by atoms with Gasteiger partial charge in [0.15, 0.2) is 11.5 Å². The molecular formula is C22H24N2O7S. The Morgan fingerprint density at radius 2 is 1.75 bits per heavy atom. The highest BCUT2D eigenvalue weighted by Crippen LogP contribution is 2.37. The van der Waals surface area contributed by atoms with Crippen molar-refractivity contribution < 1.29 is 32.3 Å². The Hall–Kier alpha value is -3.40. The van der Waals surface area contributed by atoms with Crippen LogP contribution in [-0.2, 0) is 14.6 Å². The molecule has 0 saturated heterocycles. The fraction of sp³-hybridized carbons (Fsp3) is 0.318. The van der Waals surface area contributed by atoms with Crippen LogP contribution >= 0.6 is 0 Å². The zero-order valence-electron chi connectivity index (χ0n) is 18.2.